The van der Waals surface area contributed by atoms with Gasteiger partial charge in [0, 0.05) is 6.26 Å². The van der Waals surface area contributed by atoms with Gasteiger partial charge in [-0.2, -0.15) is 0 Å². The van der Waals surface area contributed by atoms with Crippen molar-refractivity contribution in [3.8, 4) is 0 Å². The summed E-state index contributed by atoms with van der Waals surface area (Å²) >= 11 is 0. The Labute approximate surface area is 99.5 Å². The number of aldehydes is 1. The molecule has 0 unspecified atom stereocenters. The summed E-state index contributed by atoms with van der Waals surface area (Å²) in [5, 5.41) is 0. The highest BCUT2D eigenvalue weighted by molar-refractivity contribution is 7.94. The minimum atomic E-state index is -3.55. The maximum atomic E-state index is 11.5. The number of hydrogen-bond acceptors (Lipinski definition) is 6. The lowest BCUT2D eigenvalue weighted by molar-refractivity contribution is 0.109. The molecule has 1 rings (SSSR count). The van der Waals surface area contributed by atoms with Crippen LogP contribution in [0.4, 0.5) is 0 Å². The van der Waals surface area contributed by atoms with Crippen molar-refractivity contribution >= 4 is 26.0 Å². The third-order valence-corrected chi connectivity index (χ3v) is 4.68. The quantitative estimate of drug-likeness (QED) is 0.683. The van der Waals surface area contributed by atoms with Crippen molar-refractivity contribution in [2.24, 2.45) is 0 Å². The molecule has 0 aliphatic heterocycles. The standard InChI is InChI=1S/C9H12O6S2/c1-16(11,12)4-5-17(13,14)7-9-3-2-8(6-10)15-9/h2-3,6H,4-5,7H2,1H3. The van der Waals surface area contributed by atoms with E-state index in [1.165, 1.54) is 12.1 Å². The van der Waals surface area contributed by atoms with E-state index in [4.69, 9.17) is 4.42 Å². The van der Waals surface area contributed by atoms with E-state index in [1.807, 2.05) is 0 Å². The molecule has 1 heterocycles. The van der Waals surface area contributed by atoms with Crippen molar-refractivity contribution < 1.29 is 26.0 Å². The predicted molar refractivity (Wildman–Crippen MR) is 61.3 cm³/mol. The van der Waals surface area contributed by atoms with Crippen molar-refractivity contribution in [1.29, 1.82) is 0 Å². The number of sulfone groups is 2. The average Bonchev–Trinajstić information content (AvgIpc) is 2.61. The van der Waals surface area contributed by atoms with E-state index in [9.17, 15) is 21.6 Å². The Bertz CT molecular complexity index is 593. The second-order valence-corrected chi connectivity index (χ2v) is 8.09. The molecule has 0 bridgehead atoms. The molecule has 0 spiro atoms. The van der Waals surface area contributed by atoms with Gasteiger partial charge in [0.25, 0.3) is 0 Å². The lowest BCUT2D eigenvalue weighted by Crippen LogP contribution is -2.17. The zero-order valence-electron chi connectivity index (χ0n) is 9.12. The van der Waals surface area contributed by atoms with E-state index >= 15 is 0 Å². The topological polar surface area (TPSA) is 98.5 Å². The average molecular weight is 280 g/mol. The van der Waals surface area contributed by atoms with Gasteiger partial charge in [-0.1, -0.05) is 0 Å². The molecular weight excluding hydrogens is 268 g/mol. The number of furan rings is 1. The van der Waals surface area contributed by atoms with Crippen molar-refractivity contribution in [3.63, 3.8) is 0 Å². The van der Waals surface area contributed by atoms with Crippen molar-refractivity contribution in [2.75, 3.05) is 17.8 Å². The smallest absolute Gasteiger partial charge is 0.185 e. The van der Waals surface area contributed by atoms with E-state index in [1.54, 1.807) is 0 Å². The van der Waals surface area contributed by atoms with Crippen LogP contribution in [0.1, 0.15) is 16.3 Å². The lowest BCUT2D eigenvalue weighted by atomic mass is 10.4. The highest BCUT2D eigenvalue weighted by Crippen LogP contribution is 2.10. The molecule has 0 aliphatic carbocycles. The van der Waals surface area contributed by atoms with Crippen LogP contribution >= 0.6 is 0 Å². The fourth-order valence-electron chi connectivity index (χ4n) is 1.10. The number of carbonyl (C=O) groups is 1. The van der Waals surface area contributed by atoms with Gasteiger partial charge >= 0.3 is 0 Å². The van der Waals surface area contributed by atoms with E-state index in [0.717, 1.165) is 6.26 Å². The molecule has 0 saturated heterocycles. The van der Waals surface area contributed by atoms with E-state index in [0.29, 0.717) is 6.29 Å². The SMILES string of the molecule is CS(=O)(=O)CCS(=O)(=O)Cc1ccc(C=O)o1. The summed E-state index contributed by atoms with van der Waals surface area (Å²) in [6, 6.07) is 2.73. The molecular formula is C9H12O6S2. The predicted octanol–water partition coefficient (Wildman–Crippen LogP) is 0.0515. The molecule has 0 N–H and O–H groups in total. The summed E-state index contributed by atoms with van der Waals surface area (Å²) in [5.41, 5.74) is 0. The fraction of sp³-hybridized carbons (Fsp3) is 0.444. The molecule has 0 amide bonds. The molecule has 8 heteroatoms. The Balaban J connectivity index is 2.70. The Kier molecular flexibility index (Phi) is 4.10. The molecule has 0 saturated carbocycles. The Hall–Kier alpha value is -1.15. The first-order valence-corrected chi connectivity index (χ1v) is 8.52. The molecule has 1 aromatic heterocycles. The van der Waals surface area contributed by atoms with Crippen LogP contribution in [-0.2, 0) is 25.4 Å². The first kappa shape index (κ1) is 13.9. The van der Waals surface area contributed by atoms with Crippen LogP contribution in [0, 0.1) is 0 Å². The first-order valence-electron chi connectivity index (χ1n) is 4.64. The van der Waals surface area contributed by atoms with Crippen LogP contribution in [-0.4, -0.2) is 40.9 Å². The molecule has 0 fully saturated rings. The maximum Gasteiger partial charge on any atom is 0.185 e. The minimum Gasteiger partial charge on any atom is -0.457 e. The molecule has 0 radical (unpaired) electrons. The highest BCUT2D eigenvalue weighted by Gasteiger charge is 2.17. The second-order valence-electron chi connectivity index (χ2n) is 3.64. The van der Waals surface area contributed by atoms with Crippen molar-refractivity contribution in [1.82, 2.24) is 0 Å². The van der Waals surface area contributed by atoms with Crippen LogP contribution in [0.2, 0.25) is 0 Å². The minimum absolute atomic E-state index is 0.0401. The van der Waals surface area contributed by atoms with Crippen LogP contribution in [0.3, 0.4) is 0 Å². The lowest BCUT2D eigenvalue weighted by Gasteiger charge is -2.01. The summed E-state index contributed by atoms with van der Waals surface area (Å²) in [7, 11) is -6.87. The molecule has 0 aromatic carbocycles. The Morgan fingerprint density at radius 1 is 1.18 bits per heavy atom. The van der Waals surface area contributed by atoms with Gasteiger partial charge < -0.3 is 4.42 Å². The monoisotopic (exact) mass is 280 g/mol. The number of hydrogen-bond donors (Lipinski definition) is 0. The third-order valence-electron chi connectivity index (χ3n) is 1.93. The Morgan fingerprint density at radius 2 is 1.82 bits per heavy atom. The van der Waals surface area contributed by atoms with Crippen molar-refractivity contribution in [3.05, 3.63) is 23.7 Å². The van der Waals surface area contributed by atoms with E-state index < -0.39 is 36.9 Å². The van der Waals surface area contributed by atoms with Crippen molar-refractivity contribution in [2.45, 2.75) is 5.75 Å². The second kappa shape index (κ2) is 5.01. The fourth-order valence-corrected chi connectivity index (χ4v) is 4.06. The molecule has 6 nitrogen and oxygen atoms in total. The molecule has 0 aliphatic rings. The normalized spacial score (nSPS) is 12.5. The van der Waals surface area contributed by atoms with Crippen LogP contribution < -0.4 is 0 Å². The van der Waals surface area contributed by atoms with Gasteiger partial charge in [0.1, 0.15) is 21.4 Å². The van der Waals surface area contributed by atoms with Gasteiger partial charge in [0.05, 0.1) is 11.5 Å². The maximum absolute atomic E-state index is 11.5. The summed E-state index contributed by atoms with van der Waals surface area (Å²) in [6.45, 7) is 0. The van der Waals surface area contributed by atoms with Crippen LogP contribution in [0.15, 0.2) is 16.5 Å². The molecule has 96 valence electrons. The van der Waals surface area contributed by atoms with Gasteiger partial charge in [-0.15, -0.1) is 0 Å². The molecule has 0 atom stereocenters. The Morgan fingerprint density at radius 3 is 2.29 bits per heavy atom. The molecule has 1 aromatic rings. The van der Waals surface area contributed by atoms with Gasteiger partial charge in [0.2, 0.25) is 0 Å². The first-order chi connectivity index (χ1) is 7.72. The number of carbonyl (C=O) groups excluding carboxylic acids is 1. The zero-order chi connectivity index (χ0) is 13.1. The summed E-state index contributed by atoms with van der Waals surface area (Å²) < 4.78 is 49.7. The zero-order valence-corrected chi connectivity index (χ0v) is 10.8. The van der Waals surface area contributed by atoms with Gasteiger partial charge in [-0.05, 0) is 12.1 Å². The summed E-state index contributed by atoms with van der Waals surface area (Å²) in [5.74, 6) is -1.12. The third kappa shape index (κ3) is 5.14. The summed E-state index contributed by atoms with van der Waals surface area (Å²) in [6.07, 6.45) is 1.44. The largest absolute Gasteiger partial charge is 0.457 e. The van der Waals surface area contributed by atoms with Gasteiger partial charge in [-0.25, -0.2) is 16.8 Å². The van der Waals surface area contributed by atoms with E-state index in [2.05, 4.69) is 0 Å². The summed E-state index contributed by atoms with van der Waals surface area (Å²) in [4.78, 5) is 10.3. The number of rotatable bonds is 6. The van der Waals surface area contributed by atoms with Crippen LogP contribution in [0.5, 0.6) is 0 Å². The highest BCUT2D eigenvalue weighted by atomic mass is 32.2. The van der Waals surface area contributed by atoms with Crippen LogP contribution in [0.25, 0.3) is 0 Å². The molecule has 17 heavy (non-hydrogen) atoms. The van der Waals surface area contributed by atoms with Gasteiger partial charge in [0.15, 0.2) is 21.9 Å². The van der Waals surface area contributed by atoms with E-state index in [-0.39, 0.29) is 11.5 Å². The van der Waals surface area contributed by atoms with Gasteiger partial charge in [-0.3, -0.25) is 4.79 Å².